The number of amides is 1. The first-order valence-corrected chi connectivity index (χ1v) is 6.52. The third kappa shape index (κ3) is 2.84. The fraction of sp³-hybridized carbons (Fsp3) is 0.308. The van der Waals surface area contributed by atoms with E-state index in [4.69, 9.17) is 9.26 Å². The van der Waals surface area contributed by atoms with Gasteiger partial charge in [-0.1, -0.05) is 5.16 Å². The topological polar surface area (TPSA) is 88.7 Å². The van der Waals surface area contributed by atoms with Gasteiger partial charge in [-0.2, -0.15) is 9.37 Å². The number of halogens is 3. The molecule has 0 saturated carbocycles. The summed E-state index contributed by atoms with van der Waals surface area (Å²) in [6.45, 7) is 0.643. The third-order valence-corrected chi connectivity index (χ3v) is 3.25. The largest absolute Gasteiger partial charge is 0.503 e. The smallest absolute Gasteiger partial charge is 0.261 e. The van der Waals surface area contributed by atoms with E-state index in [0.29, 0.717) is 19.2 Å². The number of hydrogen-bond acceptors (Lipinski definition) is 6. The molecule has 122 valence electrons. The van der Waals surface area contributed by atoms with Crippen LogP contribution in [0.5, 0.6) is 5.75 Å². The van der Waals surface area contributed by atoms with Crippen LogP contribution in [0.4, 0.5) is 13.2 Å². The van der Waals surface area contributed by atoms with Crippen LogP contribution in [0.3, 0.4) is 0 Å². The number of aromatic nitrogens is 2. The van der Waals surface area contributed by atoms with E-state index in [2.05, 4.69) is 10.1 Å². The van der Waals surface area contributed by atoms with Crippen LogP contribution >= 0.6 is 0 Å². The van der Waals surface area contributed by atoms with Gasteiger partial charge in [0.05, 0.1) is 18.7 Å². The zero-order valence-electron chi connectivity index (χ0n) is 11.6. The summed E-state index contributed by atoms with van der Waals surface area (Å²) < 4.78 is 49.9. The Morgan fingerprint density at radius 2 is 2.09 bits per heavy atom. The Balaban J connectivity index is 1.86. The van der Waals surface area contributed by atoms with Crippen LogP contribution in [0.15, 0.2) is 10.6 Å². The van der Waals surface area contributed by atoms with Gasteiger partial charge in [0.15, 0.2) is 23.2 Å². The molecule has 1 amide bonds. The lowest BCUT2D eigenvalue weighted by Crippen LogP contribution is -2.41. The standard InChI is InChI=1S/C13H10F3N3O4/c14-7-3-6(10(15)12(21)11(7)16)13-17-8(18-23-13)4-19-1-2-22-5-9(19)20/h3,21H,1-2,4-5H2. The summed E-state index contributed by atoms with van der Waals surface area (Å²) >= 11 is 0. The number of rotatable bonds is 3. The van der Waals surface area contributed by atoms with Gasteiger partial charge in [0.25, 0.3) is 5.89 Å². The summed E-state index contributed by atoms with van der Waals surface area (Å²) in [7, 11) is 0. The van der Waals surface area contributed by atoms with Crippen LogP contribution < -0.4 is 0 Å². The summed E-state index contributed by atoms with van der Waals surface area (Å²) in [6.07, 6.45) is 0. The van der Waals surface area contributed by atoms with Crippen LogP contribution in [0.1, 0.15) is 5.82 Å². The van der Waals surface area contributed by atoms with Gasteiger partial charge in [0.1, 0.15) is 6.61 Å². The molecule has 0 unspecified atom stereocenters. The summed E-state index contributed by atoms with van der Waals surface area (Å²) in [6, 6.07) is 0.502. The average Bonchev–Trinajstić information content (AvgIpc) is 2.99. The molecule has 2 heterocycles. The molecule has 1 aliphatic heterocycles. The maximum absolute atomic E-state index is 13.8. The molecule has 23 heavy (non-hydrogen) atoms. The van der Waals surface area contributed by atoms with Crippen LogP contribution in [0.25, 0.3) is 11.5 Å². The first-order chi connectivity index (χ1) is 11.0. The fourth-order valence-electron chi connectivity index (χ4n) is 2.06. The second-order valence-electron chi connectivity index (χ2n) is 4.77. The Morgan fingerprint density at radius 1 is 1.30 bits per heavy atom. The first-order valence-electron chi connectivity index (χ1n) is 6.52. The molecule has 1 aromatic heterocycles. The van der Waals surface area contributed by atoms with E-state index >= 15 is 0 Å². The number of hydrogen-bond donors (Lipinski definition) is 1. The highest BCUT2D eigenvalue weighted by atomic mass is 19.2. The molecule has 7 nitrogen and oxygen atoms in total. The molecule has 2 aromatic rings. The minimum atomic E-state index is -1.70. The molecular weight excluding hydrogens is 319 g/mol. The number of nitrogens with zero attached hydrogens (tertiary/aromatic N) is 3. The first kappa shape index (κ1) is 15.3. The average molecular weight is 329 g/mol. The highest BCUT2D eigenvalue weighted by Crippen LogP contribution is 2.31. The molecule has 3 rings (SSSR count). The van der Waals surface area contributed by atoms with Gasteiger partial charge in [-0.3, -0.25) is 4.79 Å². The van der Waals surface area contributed by atoms with Crippen molar-refractivity contribution in [2.75, 3.05) is 19.8 Å². The van der Waals surface area contributed by atoms with Crippen molar-refractivity contribution in [1.29, 1.82) is 0 Å². The molecule has 0 radical (unpaired) electrons. The molecule has 1 aromatic carbocycles. The van der Waals surface area contributed by atoms with Crippen LogP contribution in [-0.2, 0) is 16.1 Å². The van der Waals surface area contributed by atoms with Gasteiger partial charge < -0.3 is 19.3 Å². The Morgan fingerprint density at radius 3 is 2.83 bits per heavy atom. The molecule has 1 N–H and O–H groups in total. The molecule has 0 atom stereocenters. The van der Waals surface area contributed by atoms with Crippen molar-refractivity contribution in [2.45, 2.75) is 6.54 Å². The fourth-order valence-corrected chi connectivity index (χ4v) is 2.06. The van der Waals surface area contributed by atoms with Crippen molar-refractivity contribution in [2.24, 2.45) is 0 Å². The van der Waals surface area contributed by atoms with E-state index in [1.165, 1.54) is 4.90 Å². The Kier molecular flexibility index (Phi) is 3.90. The lowest BCUT2D eigenvalue weighted by molar-refractivity contribution is -0.143. The normalized spacial score (nSPS) is 15.3. The highest BCUT2D eigenvalue weighted by molar-refractivity contribution is 5.77. The second-order valence-corrected chi connectivity index (χ2v) is 4.77. The number of benzene rings is 1. The van der Waals surface area contributed by atoms with Crippen LogP contribution in [-0.4, -0.2) is 45.8 Å². The molecule has 1 aliphatic rings. The Labute approximate surface area is 127 Å². The van der Waals surface area contributed by atoms with Crippen LogP contribution in [0, 0.1) is 17.5 Å². The van der Waals surface area contributed by atoms with Gasteiger partial charge >= 0.3 is 0 Å². The zero-order valence-corrected chi connectivity index (χ0v) is 11.6. The Hall–Kier alpha value is -2.62. The number of aromatic hydroxyl groups is 1. The minimum Gasteiger partial charge on any atom is -0.503 e. The number of carbonyl (C=O) groups excluding carboxylic acids is 1. The van der Waals surface area contributed by atoms with Crippen molar-refractivity contribution >= 4 is 5.91 Å². The number of morpholine rings is 1. The van der Waals surface area contributed by atoms with Crippen molar-refractivity contribution in [3.8, 4) is 17.2 Å². The van der Waals surface area contributed by atoms with E-state index in [0.717, 1.165) is 0 Å². The summed E-state index contributed by atoms with van der Waals surface area (Å²) in [5.41, 5.74) is -0.576. The monoisotopic (exact) mass is 329 g/mol. The highest BCUT2D eigenvalue weighted by Gasteiger charge is 2.24. The lowest BCUT2D eigenvalue weighted by atomic mass is 10.2. The second kappa shape index (κ2) is 5.88. The van der Waals surface area contributed by atoms with Gasteiger partial charge in [0, 0.05) is 6.54 Å². The van der Waals surface area contributed by atoms with E-state index in [-0.39, 0.29) is 24.9 Å². The van der Waals surface area contributed by atoms with Crippen LogP contribution in [0.2, 0.25) is 0 Å². The number of carbonyl (C=O) groups is 1. The van der Waals surface area contributed by atoms with E-state index < -0.39 is 34.7 Å². The molecule has 1 saturated heterocycles. The molecular formula is C13H10F3N3O4. The van der Waals surface area contributed by atoms with Crippen molar-refractivity contribution in [3.63, 3.8) is 0 Å². The summed E-state index contributed by atoms with van der Waals surface area (Å²) in [5.74, 6) is -6.69. The number of phenols is 1. The lowest BCUT2D eigenvalue weighted by Gasteiger charge is -2.25. The zero-order chi connectivity index (χ0) is 16.6. The van der Waals surface area contributed by atoms with Gasteiger partial charge in [-0.05, 0) is 6.07 Å². The Bertz CT molecular complexity index is 765. The maximum atomic E-state index is 13.8. The van der Waals surface area contributed by atoms with Crippen molar-refractivity contribution < 1.29 is 32.3 Å². The van der Waals surface area contributed by atoms with Crippen molar-refractivity contribution in [3.05, 3.63) is 29.3 Å². The van der Waals surface area contributed by atoms with E-state index in [1.54, 1.807) is 0 Å². The van der Waals surface area contributed by atoms with Crippen molar-refractivity contribution in [1.82, 2.24) is 15.0 Å². The summed E-state index contributed by atoms with van der Waals surface area (Å²) in [5, 5.41) is 12.7. The molecule has 10 heteroatoms. The predicted molar refractivity (Wildman–Crippen MR) is 67.5 cm³/mol. The number of ether oxygens (including phenoxy) is 1. The van der Waals surface area contributed by atoms with E-state index in [1.807, 2.05) is 0 Å². The molecule has 1 fully saturated rings. The van der Waals surface area contributed by atoms with Gasteiger partial charge in [0.2, 0.25) is 11.7 Å². The maximum Gasteiger partial charge on any atom is 0.261 e. The minimum absolute atomic E-state index is 0.00295. The van der Waals surface area contributed by atoms with Gasteiger partial charge in [-0.25, -0.2) is 8.78 Å². The summed E-state index contributed by atoms with van der Waals surface area (Å²) in [4.78, 5) is 16.8. The number of phenolic OH excluding ortho intramolecular Hbond substituents is 1. The third-order valence-electron chi connectivity index (χ3n) is 3.25. The molecule has 0 aliphatic carbocycles. The predicted octanol–water partition coefficient (Wildman–Crippen LogP) is 1.22. The SMILES string of the molecule is O=C1COCCN1Cc1noc(-c2cc(F)c(F)c(O)c2F)n1. The van der Waals surface area contributed by atoms with Gasteiger partial charge in [-0.15, -0.1) is 0 Å². The van der Waals surface area contributed by atoms with E-state index in [9.17, 15) is 23.1 Å². The quantitative estimate of drug-likeness (QED) is 0.852. The molecule has 0 bridgehead atoms. The molecule has 0 spiro atoms.